The number of rotatable bonds is 9. The first kappa shape index (κ1) is 23.7. The summed E-state index contributed by atoms with van der Waals surface area (Å²) in [5.74, 6) is 1.44. The van der Waals surface area contributed by atoms with Gasteiger partial charge in [-0.2, -0.15) is 0 Å². The zero-order chi connectivity index (χ0) is 21.0. The molecule has 0 saturated carbocycles. The van der Waals surface area contributed by atoms with E-state index in [9.17, 15) is 4.79 Å². The zero-order valence-electron chi connectivity index (χ0n) is 18.3. The number of nitrogens with one attached hydrogen (secondary N) is 2. The number of aromatic nitrogens is 1. The number of aliphatic imine (C=N–C) groups is 1. The number of nitrogens with zero attached hydrogens (tertiary/aromatic N) is 3. The first-order valence-electron chi connectivity index (χ1n) is 10.0. The average Bonchev–Trinajstić information content (AvgIpc) is 2.61. The monoisotopic (exact) mass is 391 g/mol. The van der Waals surface area contributed by atoms with Crippen LogP contribution in [0.1, 0.15) is 53.0 Å². The number of ether oxygens (including phenoxy) is 1. The first-order chi connectivity index (χ1) is 13.2. The molecule has 0 unspecified atom stereocenters. The van der Waals surface area contributed by atoms with Gasteiger partial charge in [0, 0.05) is 39.1 Å². The Bertz CT molecular complexity index is 597. The standard InChI is InChI=1S/C21H37N5O2/c1-17(2)10-13-25-19(22-6)24-12-8-14-26(20(27)28-21(3,4)5)16-18-9-7-11-23-15-18/h7,9,11,15,17H,8,10,12-14,16H2,1-6H3,(H2,22,24,25). The molecule has 0 spiro atoms. The summed E-state index contributed by atoms with van der Waals surface area (Å²) >= 11 is 0. The summed E-state index contributed by atoms with van der Waals surface area (Å²) in [5.41, 5.74) is 0.456. The lowest BCUT2D eigenvalue weighted by atomic mass is 10.1. The molecule has 0 aliphatic rings. The third-order valence-corrected chi connectivity index (χ3v) is 3.88. The Kier molecular flexibility index (Phi) is 10.3. The molecular weight excluding hydrogens is 354 g/mol. The summed E-state index contributed by atoms with van der Waals surface area (Å²) in [7, 11) is 1.76. The van der Waals surface area contributed by atoms with Gasteiger partial charge < -0.3 is 20.3 Å². The Morgan fingerprint density at radius 1 is 1.29 bits per heavy atom. The number of hydrogen-bond donors (Lipinski definition) is 2. The maximum Gasteiger partial charge on any atom is 0.410 e. The van der Waals surface area contributed by atoms with E-state index in [-0.39, 0.29) is 6.09 Å². The van der Waals surface area contributed by atoms with Crippen molar-refractivity contribution in [2.75, 3.05) is 26.7 Å². The molecule has 0 radical (unpaired) electrons. The fourth-order valence-electron chi connectivity index (χ4n) is 2.45. The van der Waals surface area contributed by atoms with Crippen LogP contribution in [0.3, 0.4) is 0 Å². The van der Waals surface area contributed by atoms with Gasteiger partial charge in [-0.15, -0.1) is 0 Å². The lowest BCUT2D eigenvalue weighted by molar-refractivity contribution is 0.0232. The second-order valence-electron chi connectivity index (χ2n) is 8.23. The van der Waals surface area contributed by atoms with Gasteiger partial charge in [-0.3, -0.25) is 9.98 Å². The van der Waals surface area contributed by atoms with Crippen LogP contribution in [0, 0.1) is 5.92 Å². The summed E-state index contributed by atoms with van der Waals surface area (Å²) in [6.45, 7) is 12.7. The quantitative estimate of drug-likeness (QED) is 0.383. The second-order valence-corrected chi connectivity index (χ2v) is 8.23. The van der Waals surface area contributed by atoms with Gasteiger partial charge in [0.1, 0.15) is 5.60 Å². The lowest BCUT2D eigenvalue weighted by Crippen LogP contribution is -2.41. The Morgan fingerprint density at radius 2 is 2.00 bits per heavy atom. The molecule has 1 aromatic heterocycles. The Labute approximate surface area is 170 Å². The van der Waals surface area contributed by atoms with Crippen LogP contribution in [0.4, 0.5) is 4.79 Å². The van der Waals surface area contributed by atoms with Gasteiger partial charge >= 0.3 is 6.09 Å². The minimum absolute atomic E-state index is 0.309. The van der Waals surface area contributed by atoms with E-state index >= 15 is 0 Å². The van der Waals surface area contributed by atoms with Crippen molar-refractivity contribution in [1.82, 2.24) is 20.5 Å². The van der Waals surface area contributed by atoms with E-state index in [2.05, 4.69) is 34.5 Å². The van der Waals surface area contributed by atoms with Gasteiger partial charge in [0.05, 0.1) is 6.54 Å². The van der Waals surface area contributed by atoms with Gasteiger partial charge in [0.15, 0.2) is 5.96 Å². The van der Waals surface area contributed by atoms with Gasteiger partial charge in [0.2, 0.25) is 0 Å². The minimum atomic E-state index is -0.523. The normalized spacial score (nSPS) is 12.0. The topological polar surface area (TPSA) is 78.9 Å². The molecule has 0 aliphatic heterocycles. The highest BCUT2D eigenvalue weighted by Gasteiger charge is 2.22. The van der Waals surface area contributed by atoms with E-state index in [4.69, 9.17) is 4.74 Å². The molecular formula is C21H37N5O2. The van der Waals surface area contributed by atoms with Gasteiger partial charge in [-0.25, -0.2) is 4.79 Å². The van der Waals surface area contributed by atoms with Crippen molar-refractivity contribution in [3.05, 3.63) is 30.1 Å². The summed E-state index contributed by atoms with van der Waals surface area (Å²) in [6.07, 6.45) is 5.07. The molecule has 2 N–H and O–H groups in total. The van der Waals surface area contributed by atoms with Crippen LogP contribution in [-0.2, 0) is 11.3 Å². The average molecular weight is 392 g/mol. The molecule has 0 fully saturated rings. The molecule has 0 atom stereocenters. The first-order valence-corrected chi connectivity index (χ1v) is 10.0. The predicted molar refractivity (Wildman–Crippen MR) is 114 cm³/mol. The molecule has 0 aromatic carbocycles. The van der Waals surface area contributed by atoms with Crippen LogP contribution in [0.15, 0.2) is 29.5 Å². The Balaban J connectivity index is 2.53. The van der Waals surface area contributed by atoms with Gasteiger partial charge in [-0.05, 0) is 51.2 Å². The molecule has 0 saturated heterocycles. The van der Waals surface area contributed by atoms with E-state index in [1.807, 2.05) is 32.9 Å². The SMILES string of the molecule is CN=C(NCCCN(Cc1cccnc1)C(=O)OC(C)(C)C)NCCC(C)C. The van der Waals surface area contributed by atoms with Crippen molar-refractivity contribution < 1.29 is 9.53 Å². The molecule has 1 heterocycles. The molecule has 158 valence electrons. The smallest absolute Gasteiger partial charge is 0.410 e. The fourth-order valence-corrected chi connectivity index (χ4v) is 2.45. The Morgan fingerprint density at radius 3 is 2.57 bits per heavy atom. The van der Waals surface area contributed by atoms with E-state index < -0.39 is 5.60 Å². The second kappa shape index (κ2) is 12.2. The molecule has 0 aliphatic carbocycles. The van der Waals surface area contributed by atoms with Crippen LogP contribution < -0.4 is 10.6 Å². The van der Waals surface area contributed by atoms with Crippen molar-refractivity contribution in [3.8, 4) is 0 Å². The highest BCUT2D eigenvalue weighted by Crippen LogP contribution is 2.12. The number of amides is 1. The highest BCUT2D eigenvalue weighted by molar-refractivity contribution is 5.79. The maximum absolute atomic E-state index is 12.6. The summed E-state index contributed by atoms with van der Waals surface area (Å²) < 4.78 is 5.56. The lowest BCUT2D eigenvalue weighted by Gasteiger charge is -2.27. The number of carbonyl (C=O) groups excluding carboxylic acids is 1. The van der Waals surface area contributed by atoms with Crippen molar-refractivity contribution in [2.24, 2.45) is 10.9 Å². The fraction of sp³-hybridized carbons (Fsp3) is 0.667. The van der Waals surface area contributed by atoms with Gasteiger partial charge in [0.25, 0.3) is 0 Å². The van der Waals surface area contributed by atoms with Crippen molar-refractivity contribution in [2.45, 2.75) is 59.6 Å². The molecule has 0 bridgehead atoms. The summed E-state index contributed by atoms with van der Waals surface area (Å²) in [4.78, 5) is 22.7. The predicted octanol–water partition coefficient (Wildman–Crippen LogP) is 3.42. The van der Waals surface area contributed by atoms with E-state index in [0.29, 0.717) is 25.6 Å². The van der Waals surface area contributed by atoms with Crippen molar-refractivity contribution in [1.29, 1.82) is 0 Å². The number of hydrogen-bond acceptors (Lipinski definition) is 4. The molecule has 7 nitrogen and oxygen atoms in total. The summed E-state index contributed by atoms with van der Waals surface area (Å²) in [5, 5.41) is 6.61. The molecule has 1 rings (SSSR count). The van der Waals surface area contributed by atoms with E-state index in [1.54, 1.807) is 24.3 Å². The zero-order valence-corrected chi connectivity index (χ0v) is 18.3. The van der Waals surface area contributed by atoms with Gasteiger partial charge in [-0.1, -0.05) is 19.9 Å². The third kappa shape index (κ3) is 10.7. The summed E-state index contributed by atoms with van der Waals surface area (Å²) in [6, 6.07) is 3.83. The highest BCUT2D eigenvalue weighted by atomic mass is 16.6. The molecule has 1 aromatic rings. The van der Waals surface area contributed by atoms with Crippen LogP contribution in [0.5, 0.6) is 0 Å². The third-order valence-electron chi connectivity index (χ3n) is 3.88. The van der Waals surface area contributed by atoms with Crippen LogP contribution >= 0.6 is 0 Å². The van der Waals surface area contributed by atoms with Crippen LogP contribution in [0.2, 0.25) is 0 Å². The maximum atomic E-state index is 12.6. The largest absolute Gasteiger partial charge is 0.444 e. The molecule has 1 amide bonds. The number of carbonyl (C=O) groups is 1. The molecule has 7 heteroatoms. The van der Waals surface area contributed by atoms with Crippen LogP contribution in [0.25, 0.3) is 0 Å². The van der Waals surface area contributed by atoms with Crippen LogP contribution in [-0.4, -0.2) is 54.2 Å². The van der Waals surface area contributed by atoms with Crippen molar-refractivity contribution in [3.63, 3.8) is 0 Å². The van der Waals surface area contributed by atoms with E-state index in [0.717, 1.165) is 30.9 Å². The number of guanidine groups is 1. The minimum Gasteiger partial charge on any atom is -0.444 e. The number of pyridine rings is 1. The van der Waals surface area contributed by atoms with Crippen molar-refractivity contribution >= 4 is 12.1 Å². The Hall–Kier alpha value is -2.31. The van der Waals surface area contributed by atoms with E-state index in [1.165, 1.54) is 0 Å². The molecule has 28 heavy (non-hydrogen) atoms.